The van der Waals surface area contributed by atoms with Crippen LogP contribution >= 0.6 is 24.0 Å². The van der Waals surface area contributed by atoms with E-state index in [2.05, 4.69) is 46.3 Å². The van der Waals surface area contributed by atoms with Gasteiger partial charge in [-0.25, -0.2) is 4.99 Å². The first-order valence-electron chi connectivity index (χ1n) is 11.4. The van der Waals surface area contributed by atoms with Gasteiger partial charge in [-0.1, -0.05) is 18.2 Å². The predicted molar refractivity (Wildman–Crippen MR) is 132 cm³/mol. The first-order valence-corrected chi connectivity index (χ1v) is 11.4. The maximum atomic E-state index is 6.06. The highest BCUT2D eigenvalue weighted by Gasteiger charge is 2.27. The van der Waals surface area contributed by atoms with Gasteiger partial charge in [0.25, 0.3) is 0 Å². The molecule has 0 radical (unpaired) electrons. The molecule has 0 spiro atoms. The number of nitrogens with one attached hydrogen (secondary N) is 1. The minimum atomic E-state index is 0. The standard InChI is InChI=1S/C23H36N4O2.HI/c1-2-24-23(27-10-9-20(17-27)16-26-11-13-28-14-12-26)25-15-21-5-3-4-6-22(21)29-18-19-7-8-19;/h3-6,19-20H,2,7-18H2,1H3,(H,24,25);1H. The second kappa shape index (κ2) is 12.1. The van der Waals surface area contributed by atoms with Crippen LogP contribution in [-0.4, -0.2) is 74.8 Å². The Morgan fingerprint density at radius 3 is 2.70 bits per heavy atom. The van der Waals surface area contributed by atoms with E-state index in [1.54, 1.807) is 0 Å². The molecule has 1 aromatic carbocycles. The van der Waals surface area contributed by atoms with Gasteiger partial charge in [0.05, 0.1) is 26.4 Å². The highest BCUT2D eigenvalue weighted by atomic mass is 127. The Hall–Kier alpha value is -1.06. The fourth-order valence-electron chi connectivity index (χ4n) is 4.18. The summed E-state index contributed by atoms with van der Waals surface area (Å²) in [5.74, 6) is 3.50. The van der Waals surface area contributed by atoms with Crippen molar-refractivity contribution in [3.05, 3.63) is 29.8 Å². The van der Waals surface area contributed by atoms with Crippen molar-refractivity contribution < 1.29 is 9.47 Å². The molecule has 1 N–H and O–H groups in total. The van der Waals surface area contributed by atoms with E-state index in [1.807, 2.05) is 0 Å². The first kappa shape index (κ1) is 23.6. The second-order valence-electron chi connectivity index (χ2n) is 8.55. The molecule has 30 heavy (non-hydrogen) atoms. The highest BCUT2D eigenvalue weighted by Crippen LogP contribution is 2.30. The minimum Gasteiger partial charge on any atom is -0.493 e. The molecule has 6 nitrogen and oxygen atoms in total. The molecule has 1 atom stereocenters. The maximum Gasteiger partial charge on any atom is 0.194 e. The lowest BCUT2D eigenvalue weighted by Gasteiger charge is -2.29. The fraction of sp³-hybridized carbons (Fsp3) is 0.696. The van der Waals surface area contributed by atoms with Crippen molar-refractivity contribution in [2.75, 3.05) is 59.1 Å². The smallest absolute Gasteiger partial charge is 0.194 e. The van der Waals surface area contributed by atoms with E-state index in [9.17, 15) is 0 Å². The van der Waals surface area contributed by atoms with Crippen LogP contribution in [0.4, 0.5) is 0 Å². The third kappa shape index (κ3) is 6.99. The van der Waals surface area contributed by atoms with Gasteiger partial charge >= 0.3 is 0 Å². The second-order valence-corrected chi connectivity index (χ2v) is 8.55. The van der Waals surface area contributed by atoms with Gasteiger partial charge in [-0.2, -0.15) is 0 Å². The number of aliphatic imine (C=N–C) groups is 1. The molecule has 2 aliphatic heterocycles. The summed E-state index contributed by atoms with van der Waals surface area (Å²) in [6, 6.07) is 8.35. The molecule has 168 valence electrons. The molecule has 3 aliphatic rings. The van der Waals surface area contributed by atoms with Crippen LogP contribution in [0.15, 0.2) is 29.3 Å². The van der Waals surface area contributed by atoms with Crippen molar-refractivity contribution in [1.82, 2.24) is 15.1 Å². The van der Waals surface area contributed by atoms with Gasteiger partial charge in [-0.3, -0.25) is 4.90 Å². The summed E-state index contributed by atoms with van der Waals surface area (Å²) in [7, 11) is 0. The van der Waals surface area contributed by atoms with Gasteiger partial charge in [0.1, 0.15) is 5.75 Å². The number of likely N-dealkylation sites (tertiary alicyclic amines) is 1. The number of hydrogen-bond acceptors (Lipinski definition) is 4. The zero-order valence-corrected chi connectivity index (χ0v) is 20.6. The number of halogens is 1. The summed E-state index contributed by atoms with van der Waals surface area (Å²) in [5, 5.41) is 3.50. The molecule has 7 heteroatoms. The Labute approximate surface area is 198 Å². The van der Waals surface area contributed by atoms with Crippen LogP contribution in [0, 0.1) is 11.8 Å². The van der Waals surface area contributed by atoms with E-state index in [-0.39, 0.29) is 24.0 Å². The van der Waals surface area contributed by atoms with E-state index >= 15 is 0 Å². The van der Waals surface area contributed by atoms with Crippen molar-refractivity contribution in [3.63, 3.8) is 0 Å². The monoisotopic (exact) mass is 528 g/mol. The van der Waals surface area contributed by atoms with E-state index in [1.165, 1.54) is 31.4 Å². The van der Waals surface area contributed by atoms with Crippen LogP contribution in [0.5, 0.6) is 5.75 Å². The molecule has 2 heterocycles. The number of morpholine rings is 1. The molecule has 0 amide bonds. The Bertz CT molecular complexity index is 677. The SMILES string of the molecule is CCNC(=NCc1ccccc1OCC1CC1)N1CCC(CN2CCOCC2)C1.I. The molecule has 3 fully saturated rings. The molecule has 1 aliphatic carbocycles. The topological polar surface area (TPSA) is 49.3 Å². The van der Waals surface area contributed by atoms with Gasteiger partial charge < -0.3 is 19.7 Å². The van der Waals surface area contributed by atoms with Crippen LogP contribution in [0.3, 0.4) is 0 Å². The third-order valence-corrected chi connectivity index (χ3v) is 6.08. The van der Waals surface area contributed by atoms with Crippen LogP contribution in [-0.2, 0) is 11.3 Å². The number of nitrogens with zero attached hydrogens (tertiary/aromatic N) is 3. The Morgan fingerprint density at radius 1 is 1.13 bits per heavy atom. The van der Waals surface area contributed by atoms with Gasteiger partial charge in [0, 0.05) is 44.8 Å². The van der Waals surface area contributed by atoms with E-state index < -0.39 is 0 Å². The van der Waals surface area contributed by atoms with Crippen molar-refractivity contribution in [3.8, 4) is 5.75 Å². The van der Waals surface area contributed by atoms with Crippen molar-refractivity contribution >= 4 is 29.9 Å². The highest BCUT2D eigenvalue weighted by molar-refractivity contribution is 14.0. The van der Waals surface area contributed by atoms with Crippen molar-refractivity contribution in [2.24, 2.45) is 16.8 Å². The van der Waals surface area contributed by atoms with Crippen molar-refractivity contribution in [2.45, 2.75) is 32.7 Å². The quantitative estimate of drug-likeness (QED) is 0.319. The largest absolute Gasteiger partial charge is 0.493 e. The Kier molecular flexibility index (Phi) is 9.52. The van der Waals surface area contributed by atoms with E-state index in [0.717, 1.165) is 70.2 Å². The zero-order chi connectivity index (χ0) is 19.9. The van der Waals surface area contributed by atoms with Crippen LogP contribution in [0.25, 0.3) is 0 Å². The lowest BCUT2D eigenvalue weighted by molar-refractivity contribution is 0.0315. The molecule has 4 rings (SSSR count). The normalized spacial score (nSPS) is 22.6. The molecule has 2 saturated heterocycles. The fourth-order valence-corrected chi connectivity index (χ4v) is 4.18. The third-order valence-electron chi connectivity index (χ3n) is 6.08. The number of rotatable bonds is 8. The molecule has 0 aromatic heterocycles. The number of benzene rings is 1. The summed E-state index contributed by atoms with van der Waals surface area (Å²) in [4.78, 5) is 9.95. The van der Waals surface area contributed by atoms with Crippen molar-refractivity contribution in [1.29, 1.82) is 0 Å². The lowest BCUT2D eigenvalue weighted by Crippen LogP contribution is -2.42. The van der Waals surface area contributed by atoms with Gasteiger partial charge in [-0.05, 0) is 44.1 Å². The molecule has 0 bridgehead atoms. The van der Waals surface area contributed by atoms with Crippen LogP contribution < -0.4 is 10.1 Å². The van der Waals surface area contributed by atoms with E-state index in [4.69, 9.17) is 14.5 Å². The summed E-state index contributed by atoms with van der Waals surface area (Å²) in [6.07, 6.45) is 3.86. The zero-order valence-electron chi connectivity index (χ0n) is 18.2. The Morgan fingerprint density at radius 2 is 1.93 bits per heavy atom. The van der Waals surface area contributed by atoms with E-state index in [0.29, 0.717) is 12.5 Å². The summed E-state index contributed by atoms with van der Waals surface area (Å²) < 4.78 is 11.5. The molecule has 1 aromatic rings. The van der Waals surface area contributed by atoms with Crippen LogP contribution in [0.2, 0.25) is 0 Å². The lowest BCUT2D eigenvalue weighted by atomic mass is 10.1. The van der Waals surface area contributed by atoms with Gasteiger partial charge in [0.15, 0.2) is 5.96 Å². The molecule has 1 unspecified atom stereocenters. The number of para-hydroxylation sites is 1. The average molecular weight is 528 g/mol. The summed E-state index contributed by atoms with van der Waals surface area (Å²) in [6.45, 7) is 11.8. The number of ether oxygens (including phenoxy) is 2. The molecular formula is C23H37IN4O2. The molecule has 1 saturated carbocycles. The first-order chi connectivity index (χ1) is 14.3. The van der Waals surface area contributed by atoms with Gasteiger partial charge in [-0.15, -0.1) is 24.0 Å². The number of hydrogen-bond donors (Lipinski definition) is 1. The predicted octanol–water partition coefficient (Wildman–Crippen LogP) is 3.21. The number of guanidine groups is 1. The average Bonchev–Trinajstić information content (AvgIpc) is 3.48. The minimum absolute atomic E-state index is 0. The molecular weight excluding hydrogens is 491 g/mol. The summed E-state index contributed by atoms with van der Waals surface area (Å²) >= 11 is 0. The van der Waals surface area contributed by atoms with Crippen LogP contribution in [0.1, 0.15) is 31.7 Å². The van der Waals surface area contributed by atoms with Gasteiger partial charge in [0.2, 0.25) is 0 Å². The Balaban J connectivity index is 0.00000256. The summed E-state index contributed by atoms with van der Waals surface area (Å²) in [5.41, 5.74) is 1.17. The maximum absolute atomic E-state index is 6.06.